The lowest BCUT2D eigenvalue weighted by Gasteiger charge is -2.07. The van der Waals surface area contributed by atoms with E-state index in [9.17, 15) is 4.79 Å². The average molecular weight is 351 g/mol. The number of nitrogens with zero attached hydrogens (tertiary/aromatic N) is 1. The number of aromatic nitrogens is 1. The minimum atomic E-state index is -0.0459. The van der Waals surface area contributed by atoms with Gasteiger partial charge in [0.2, 0.25) is 5.91 Å². The molecule has 0 saturated heterocycles. The number of benzene rings is 1. The van der Waals surface area contributed by atoms with Gasteiger partial charge in [-0.15, -0.1) is 11.8 Å². The van der Waals surface area contributed by atoms with E-state index in [-0.39, 0.29) is 5.91 Å². The Hall–Kier alpha value is -1.33. The molecule has 0 saturated carbocycles. The highest BCUT2D eigenvalue weighted by atomic mass is 79.9. The standard InChI is InChI=1S/C15H15BrN2OS/c1-10-5-6-17-14(7-10)18-15(19)9-20-13-4-3-12(16)8-11(13)2/h3-8H,9H2,1-2H3,(H,17,18,19). The summed E-state index contributed by atoms with van der Waals surface area (Å²) in [6, 6.07) is 9.79. The van der Waals surface area contributed by atoms with Gasteiger partial charge in [-0.1, -0.05) is 15.9 Å². The summed E-state index contributed by atoms with van der Waals surface area (Å²) in [5.41, 5.74) is 2.23. The van der Waals surface area contributed by atoms with Crippen molar-refractivity contribution in [2.75, 3.05) is 11.1 Å². The first-order valence-electron chi connectivity index (χ1n) is 6.16. The lowest BCUT2D eigenvalue weighted by molar-refractivity contribution is -0.113. The number of thioether (sulfide) groups is 1. The summed E-state index contributed by atoms with van der Waals surface area (Å²) in [4.78, 5) is 17.1. The quantitative estimate of drug-likeness (QED) is 0.840. The van der Waals surface area contributed by atoms with E-state index in [2.05, 4.69) is 26.2 Å². The Labute approximate surface area is 131 Å². The molecular weight excluding hydrogens is 336 g/mol. The van der Waals surface area contributed by atoms with E-state index in [1.165, 1.54) is 11.8 Å². The summed E-state index contributed by atoms with van der Waals surface area (Å²) >= 11 is 4.96. The Morgan fingerprint density at radius 2 is 2.10 bits per heavy atom. The van der Waals surface area contributed by atoms with Gasteiger partial charge in [0.25, 0.3) is 0 Å². The van der Waals surface area contributed by atoms with E-state index in [4.69, 9.17) is 0 Å². The summed E-state index contributed by atoms with van der Waals surface area (Å²) in [5.74, 6) is 0.927. The number of pyridine rings is 1. The van der Waals surface area contributed by atoms with Crippen LogP contribution in [0.1, 0.15) is 11.1 Å². The van der Waals surface area contributed by atoms with Crippen molar-refractivity contribution in [2.24, 2.45) is 0 Å². The maximum absolute atomic E-state index is 11.9. The third-order valence-corrected chi connectivity index (χ3v) is 4.35. The van der Waals surface area contributed by atoms with Crippen LogP contribution in [0.5, 0.6) is 0 Å². The number of anilines is 1. The maximum atomic E-state index is 11.9. The molecule has 1 aromatic heterocycles. The molecule has 1 N–H and O–H groups in total. The van der Waals surface area contributed by atoms with E-state index in [0.29, 0.717) is 11.6 Å². The van der Waals surface area contributed by atoms with Gasteiger partial charge in [-0.2, -0.15) is 0 Å². The average Bonchev–Trinajstić information content (AvgIpc) is 2.37. The fraction of sp³-hybridized carbons (Fsp3) is 0.200. The molecule has 0 unspecified atom stereocenters. The third-order valence-electron chi connectivity index (χ3n) is 2.68. The number of nitrogens with one attached hydrogen (secondary N) is 1. The van der Waals surface area contributed by atoms with Crippen LogP contribution in [0, 0.1) is 13.8 Å². The molecule has 0 fully saturated rings. The number of carbonyl (C=O) groups excluding carboxylic acids is 1. The van der Waals surface area contributed by atoms with Crippen molar-refractivity contribution in [3.8, 4) is 0 Å². The third kappa shape index (κ3) is 4.35. The molecule has 0 aliphatic rings. The van der Waals surface area contributed by atoms with Crippen molar-refractivity contribution < 1.29 is 4.79 Å². The predicted molar refractivity (Wildman–Crippen MR) is 87.2 cm³/mol. The fourth-order valence-corrected chi connectivity index (χ4v) is 2.99. The molecule has 3 nitrogen and oxygen atoms in total. The van der Waals surface area contributed by atoms with Gasteiger partial charge in [-0.05, 0) is 55.3 Å². The SMILES string of the molecule is Cc1ccnc(NC(=O)CSc2ccc(Br)cc2C)c1. The van der Waals surface area contributed by atoms with Crippen LogP contribution >= 0.6 is 27.7 Å². The zero-order chi connectivity index (χ0) is 14.5. The lowest BCUT2D eigenvalue weighted by Crippen LogP contribution is -2.15. The van der Waals surface area contributed by atoms with Gasteiger partial charge >= 0.3 is 0 Å². The molecule has 0 atom stereocenters. The molecule has 20 heavy (non-hydrogen) atoms. The number of carbonyl (C=O) groups is 1. The highest BCUT2D eigenvalue weighted by Gasteiger charge is 2.06. The maximum Gasteiger partial charge on any atom is 0.235 e. The van der Waals surface area contributed by atoms with Crippen molar-refractivity contribution in [1.29, 1.82) is 0 Å². The van der Waals surface area contributed by atoms with E-state index >= 15 is 0 Å². The van der Waals surface area contributed by atoms with Crippen LogP contribution in [0.2, 0.25) is 0 Å². The summed E-state index contributed by atoms with van der Waals surface area (Å²) in [6.07, 6.45) is 1.69. The Kier molecular flexibility index (Phi) is 5.20. The zero-order valence-corrected chi connectivity index (χ0v) is 13.7. The Bertz CT molecular complexity index is 631. The summed E-state index contributed by atoms with van der Waals surface area (Å²) in [6.45, 7) is 4.00. The number of hydrogen-bond donors (Lipinski definition) is 1. The molecule has 0 bridgehead atoms. The summed E-state index contributed by atoms with van der Waals surface area (Å²) < 4.78 is 1.05. The van der Waals surface area contributed by atoms with Crippen molar-refractivity contribution in [2.45, 2.75) is 18.7 Å². The van der Waals surface area contributed by atoms with Gasteiger partial charge in [0.05, 0.1) is 5.75 Å². The van der Waals surface area contributed by atoms with Crippen molar-refractivity contribution in [3.63, 3.8) is 0 Å². The van der Waals surface area contributed by atoms with E-state index in [0.717, 1.165) is 20.5 Å². The van der Waals surface area contributed by atoms with Crippen LogP contribution in [-0.2, 0) is 4.79 Å². The van der Waals surface area contributed by atoms with Crippen molar-refractivity contribution in [3.05, 3.63) is 52.1 Å². The molecule has 0 aliphatic carbocycles. The molecule has 5 heteroatoms. The first-order valence-corrected chi connectivity index (χ1v) is 7.94. The highest BCUT2D eigenvalue weighted by Crippen LogP contribution is 2.25. The second-order valence-corrected chi connectivity index (χ2v) is 6.40. The second kappa shape index (κ2) is 6.90. The molecule has 2 rings (SSSR count). The van der Waals surface area contributed by atoms with Crippen molar-refractivity contribution >= 4 is 39.4 Å². The Morgan fingerprint density at radius 1 is 1.30 bits per heavy atom. The number of hydrogen-bond acceptors (Lipinski definition) is 3. The van der Waals surface area contributed by atoms with Crippen molar-refractivity contribution in [1.82, 2.24) is 4.98 Å². The largest absolute Gasteiger partial charge is 0.310 e. The number of aryl methyl sites for hydroxylation is 2. The van der Waals surface area contributed by atoms with Crippen LogP contribution in [0.25, 0.3) is 0 Å². The lowest BCUT2D eigenvalue weighted by atomic mass is 10.2. The molecular formula is C15H15BrN2OS. The first kappa shape index (κ1) is 15.1. The molecule has 1 amide bonds. The van der Waals surface area contributed by atoms with E-state index in [1.54, 1.807) is 6.20 Å². The van der Waals surface area contributed by atoms with E-state index < -0.39 is 0 Å². The van der Waals surface area contributed by atoms with Crippen LogP contribution in [0.4, 0.5) is 5.82 Å². The molecule has 1 aromatic carbocycles. The zero-order valence-electron chi connectivity index (χ0n) is 11.3. The van der Waals surface area contributed by atoms with Gasteiger partial charge < -0.3 is 5.32 Å². The molecule has 0 spiro atoms. The Balaban J connectivity index is 1.92. The normalized spacial score (nSPS) is 10.3. The molecule has 1 heterocycles. The summed E-state index contributed by atoms with van der Waals surface area (Å²) in [5, 5.41) is 2.80. The summed E-state index contributed by atoms with van der Waals surface area (Å²) in [7, 11) is 0. The van der Waals surface area contributed by atoms with Gasteiger partial charge in [0.1, 0.15) is 5.82 Å². The fourth-order valence-electron chi connectivity index (χ4n) is 1.70. The van der Waals surface area contributed by atoms with E-state index in [1.807, 2.05) is 44.2 Å². The van der Waals surface area contributed by atoms with Crippen LogP contribution in [-0.4, -0.2) is 16.6 Å². The first-order chi connectivity index (χ1) is 9.54. The smallest absolute Gasteiger partial charge is 0.235 e. The predicted octanol–water partition coefficient (Wildman–Crippen LogP) is 4.19. The van der Waals surface area contributed by atoms with Crippen LogP contribution < -0.4 is 5.32 Å². The van der Waals surface area contributed by atoms with Crippen LogP contribution in [0.15, 0.2) is 45.9 Å². The van der Waals surface area contributed by atoms with Gasteiger partial charge in [-0.3, -0.25) is 4.79 Å². The molecule has 0 radical (unpaired) electrons. The minimum absolute atomic E-state index is 0.0459. The minimum Gasteiger partial charge on any atom is -0.310 e. The van der Waals surface area contributed by atoms with Crippen LogP contribution in [0.3, 0.4) is 0 Å². The number of amides is 1. The number of halogens is 1. The molecule has 2 aromatic rings. The number of rotatable bonds is 4. The van der Waals surface area contributed by atoms with Gasteiger partial charge in [0.15, 0.2) is 0 Å². The van der Waals surface area contributed by atoms with Gasteiger partial charge in [-0.25, -0.2) is 4.98 Å². The highest BCUT2D eigenvalue weighted by molar-refractivity contribution is 9.10. The second-order valence-electron chi connectivity index (χ2n) is 4.47. The topological polar surface area (TPSA) is 42.0 Å². The molecule has 0 aliphatic heterocycles. The molecule has 104 valence electrons. The monoisotopic (exact) mass is 350 g/mol. The Morgan fingerprint density at radius 3 is 2.80 bits per heavy atom. The van der Waals surface area contributed by atoms with Gasteiger partial charge in [0, 0.05) is 15.6 Å².